The Hall–Kier alpha value is -0.810. The summed E-state index contributed by atoms with van der Waals surface area (Å²) in [6.45, 7) is 12.1. The fraction of sp³-hybridized carbons (Fsp3) is 0.929. The van der Waals surface area contributed by atoms with Crippen LogP contribution < -0.4 is 5.90 Å². The summed E-state index contributed by atoms with van der Waals surface area (Å²) in [6, 6.07) is 0. The molecule has 1 aliphatic heterocycles. The van der Waals surface area contributed by atoms with Crippen LogP contribution >= 0.6 is 0 Å². The van der Waals surface area contributed by atoms with Gasteiger partial charge in [0.1, 0.15) is 5.60 Å². The van der Waals surface area contributed by atoms with Crippen LogP contribution in [-0.2, 0) is 9.57 Å². The average Bonchev–Trinajstić information content (AvgIpc) is 2.26. The van der Waals surface area contributed by atoms with Crippen molar-refractivity contribution in [2.75, 3.05) is 19.7 Å². The highest BCUT2D eigenvalue weighted by molar-refractivity contribution is 5.68. The Balaban J connectivity index is 2.51. The minimum absolute atomic E-state index is 0.208. The van der Waals surface area contributed by atoms with E-state index in [2.05, 4.69) is 13.8 Å². The van der Waals surface area contributed by atoms with Gasteiger partial charge >= 0.3 is 6.09 Å². The second-order valence-corrected chi connectivity index (χ2v) is 6.67. The monoisotopic (exact) mass is 272 g/mol. The number of piperidine rings is 1. The van der Waals surface area contributed by atoms with Crippen LogP contribution in [0.4, 0.5) is 4.79 Å². The zero-order valence-electron chi connectivity index (χ0n) is 12.8. The highest BCUT2D eigenvalue weighted by Gasteiger charge is 2.33. The first-order valence-corrected chi connectivity index (χ1v) is 7.04. The summed E-state index contributed by atoms with van der Waals surface area (Å²) in [5.74, 6) is 6.54. The third-order valence-corrected chi connectivity index (χ3v) is 3.71. The summed E-state index contributed by atoms with van der Waals surface area (Å²) >= 11 is 0. The molecule has 1 rings (SSSR count). The van der Waals surface area contributed by atoms with Crippen LogP contribution in [0, 0.1) is 17.8 Å². The first-order chi connectivity index (χ1) is 8.74. The molecule has 3 unspecified atom stereocenters. The van der Waals surface area contributed by atoms with Gasteiger partial charge < -0.3 is 14.5 Å². The maximum atomic E-state index is 12.0. The standard InChI is InChI=1S/C14H28N2O3/c1-10-8-16(13(17)19-14(3,4)5)7-6-12(10)11(2)9-18-15/h10-12H,6-9,15H2,1-5H3. The van der Waals surface area contributed by atoms with Gasteiger partial charge in [0.2, 0.25) is 0 Å². The van der Waals surface area contributed by atoms with Gasteiger partial charge in [-0.15, -0.1) is 0 Å². The van der Waals surface area contributed by atoms with Gasteiger partial charge in [-0.25, -0.2) is 10.7 Å². The van der Waals surface area contributed by atoms with Crippen LogP contribution in [0.15, 0.2) is 0 Å². The number of nitrogens with zero attached hydrogens (tertiary/aromatic N) is 1. The van der Waals surface area contributed by atoms with E-state index in [1.807, 2.05) is 25.7 Å². The largest absolute Gasteiger partial charge is 0.444 e. The van der Waals surface area contributed by atoms with Crippen LogP contribution in [0.3, 0.4) is 0 Å². The smallest absolute Gasteiger partial charge is 0.410 e. The van der Waals surface area contributed by atoms with Crippen molar-refractivity contribution in [1.82, 2.24) is 4.90 Å². The van der Waals surface area contributed by atoms with Crippen molar-refractivity contribution in [1.29, 1.82) is 0 Å². The molecule has 19 heavy (non-hydrogen) atoms. The summed E-state index contributed by atoms with van der Waals surface area (Å²) in [6.07, 6.45) is 0.769. The molecule has 0 aliphatic carbocycles. The normalized spacial score (nSPS) is 26.1. The van der Waals surface area contributed by atoms with Gasteiger partial charge in [-0.05, 0) is 44.9 Å². The second kappa shape index (κ2) is 6.57. The maximum Gasteiger partial charge on any atom is 0.410 e. The van der Waals surface area contributed by atoms with Gasteiger partial charge in [0.25, 0.3) is 0 Å². The molecule has 3 atom stereocenters. The summed E-state index contributed by atoms with van der Waals surface area (Å²) in [5.41, 5.74) is -0.433. The molecule has 0 aromatic carbocycles. The maximum absolute atomic E-state index is 12.0. The van der Waals surface area contributed by atoms with E-state index < -0.39 is 5.60 Å². The van der Waals surface area contributed by atoms with Crippen LogP contribution in [-0.4, -0.2) is 36.3 Å². The predicted octanol–water partition coefficient (Wildman–Crippen LogP) is 2.41. The molecule has 5 nitrogen and oxygen atoms in total. The number of hydrogen-bond donors (Lipinski definition) is 1. The van der Waals surface area contributed by atoms with Gasteiger partial charge in [0.05, 0.1) is 6.61 Å². The fourth-order valence-corrected chi connectivity index (χ4v) is 2.78. The van der Waals surface area contributed by atoms with Gasteiger partial charge in [0.15, 0.2) is 0 Å². The summed E-state index contributed by atoms with van der Waals surface area (Å²) in [5, 5.41) is 0. The number of carbonyl (C=O) groups excluding carboxylic acids is 1. The van der Waals surface area contributed by atoms with Crippen molar-refractivity contribution < 1.29 is 14.4 Å². The summed E-state index contributed by atoms with van der Waals surface area (Å²) in [4.78, 5) is 18.6. The molecule has 0 radical (unpaired) electrons. The van der Waals surface area contributed by atoms with Crippen molar-refractivity contribution in [3.63, 3.8) is 0 Å². The lowest BCUT2D eigenvalue weighted by molar-refractivity contribution is -0.000220. The lowest BCUT2D eigenvalue weighted by atomic mass is 9.79. The van der Waals surface area contributed by atoms with Crippen LogP contribution in [0.2, 0.25) is 0 Å². The topological polar surface area (TPSA) is 64.8 Å². The van der Waals surface area contributed by atoms with E-state index in [0.717, 1.165) is 19.5 Å². The number of rotatable bonds is 3. The fourth-order valence-electron chi connectivity index (χ4n) is 2.78. The molecule has 1 saturated heterocycles. The van der Waals surface area contributed by atoms with Gasteiger partial charge in [0, 0.05) is 13.1 Å². The highest BCUT2D eigenvalue weighted by Crippen LogP contribution is 2.30. The van der Waals surface area contributed by atoms with E-state index in [4.69, 9.17) is 15.5 Å². The number of carbonyl (C=O) groups is 1. The van der Waals surface area contributed by atoms with Crippen LogP contribution in [0.1, 0.15) is 41.0 Å². The van der Waals surface area contributed by atoms with Crippen LogP contribution in [0.25, 0.3) is 0 Å². The number of likely N-dealkylation sites (tertiary alicyclic amines) is 1. The average molecular weight is 272 g/mol. The Labute approximate surface area is 116 Å². The van der Waals surface area contributed by atoms with Gasteiger partial charge in [-0.3, -0.25) is 0 Å². The minimum atomic E-state index is -0.433. The first kappa shape index (κ1) is 16.2. The van der Waals surface area contributed by atoms with E-state index in [-0.39, 0.29) is 6.09 Å². The first-order valence-electron chi connectivity index (χ1n) is 7.04. The molecular weight excluding hydrogens is 244 g/mol. The van der Waals surface area contributed by atoms with Gasteiger partial charge in [-0.2, -0.15) is 0 Å². The highest BCUT2D eigenvalue weighted by atomic mass is 16.6. The summed E-state index contributed by atoms with van der Waals surface area (Å²) < 4.78 is 5.41. The third-order valence-electron chi connectivity index (χ3n) is 3.71. The zero-order chi connectivity index (χ0) is 14.6. The van der Waals surface area contributed by atoms with Crippen molar-refractivity contribution in [2.24, 2.45) is 23.7 Å². The third kappa shape index (κ3) is 4.99. The van der Waals surface area contributed by atoms with Crippen molar-refractivity contribution in [3.8, 4) is 0 Å². The summed E-state index contributed by atoms with van der Waals surface area (Å²) in [7, 11) is 0. The molecule has 0 saturated carbocycles. The van der Waals surface area contributed by atoms with Crippen LogP contribution in [0.5, 0.6) is 0 Å². The molecule has 5 heteroatoms. The van der Waals surface area contributed by atoms with Crippen molar-refractivity contribution in [2.45, 2.75) is 46.6 Å². The second-order valence-electron chi connectivity index (χ2n) is 6.67. The van der Waals surface area contributed by atoms with E-state index in [1.54, 1.807) is 0 Å². The quantitative estimate of drug-likeness (QED) is 0.801. The molecule has 1 fully saturated rings. The van der Waals surface area contributed by atoms with Gasteiger partial charge in [-0.1, -0.05) is 13.8 Å². The Kier molecular flexibility index (Phi) is 5.62. The number of amides is 1. The zero-order valence-corrected chi connectivity index (χ0v) is 12.8. The molecule has 0 spiro atoms. The molecule has 0 bridgehead atoms. The predicted molar refractivity (Wildman–Crippen MR) is 74.4 cm³/mol. The minimum Gasteiger partial charge on any atom is -0.444 e. The van der Waals surface area contributed by atoms with E-state index in [9.17, 15) is 4.79 Å². The molecule has 0 aromatic rings. The van der Waals surface area contributed by atoms with Crippen molar-refractivity contribution >= 4 is 6.09 Å². The molecule has 1 aliphatic rings. The Morgan fingerprint density at radius 3 is 2.58 bits per heavy atom. The van der Waals surface area contributed by atoms with Crippen molar-refractivity contribution in [3.05, 3.63) is 0 Å². The Morgan fingerprint density at radius 1 is 1.47 bits per heavy atom. The molecular formula is C14H28N2O3. The molecule has 1 heterocycles. The Morgan fingerprint density at radius 2 is 2.11 bits per heavy atom. The number of ether oxygens (including phenoxy) is 1. The molecule has 1 amide bonds. The lowest BCUT2D eigenvalue weighted by Gasteiger charge is -2.39. The molecule has 2 N–H and O–H groups in total. The number of hydrogen-bond acceptors (Lipinski definition) is 4. The number of nitrogens with two attached hydrogens (primary N) is 1. The molecule has 0 aromatic heterocycles. The lowest BCUT2D eigenvalue weighted by Crippen LogP contribution is -2.46. The van der Waals surface area contributed by atoms with E-state index in [0.29, 0.717) is 24.4 Å². The molecule has 112 valence electrons. The SMILES string of the molecule is CC(CON)C1CCN(C(=O)OC(C)(C)C)CC1C. The van der Waals surface area contributed by atoms with E-state index in [1.165, 1.54) is 0 Å². The van der Waals surface area contributed by atoms with E-state index >= 15 is 0 Å². The Bertz CT molecular complexity index is 302.